The van der Waals surface area contributed by atoms with Crippen molar-refractivity contribution in [2.45, 2.75) is 19.8 Å². The highest BCUT2D eigenvalue weighted by Gasteiger charge is 2.37. The Morgan fingerprint density at radius 3 is 2.46 bits per heavy atom. The molecule has 3 rings (SSSR count). The van der Waals surface area contributed by atoms with Crippen LogP contribution < -0.4 is 0 Å². The quantitative estimate of drug-likeness (QED) is 0.758. The number of thioether (sulfide) groups is 1. The lowest BCUT2D eigenvalue weighted by Gasteiger charge is -2.28. The van der Waals surface area contributed by atoms with Crippen LogP contribution in [0.5, 0.6) is 0 Å². The van der Waals surface area contributed by atoms with Crippen molar-refractivity contribution in [2.24, 2.45) is 0 Å². The molecule has 138 valence electrons. The lowest BCUT2D eigenvalue weighted by Crippen LogP contribution is -2.46. The summed E-state index contributed by atoms with van der Waals surface area (Å²) in [7, 11) is 0. The predicted octanol–water partition coefficient (Wildman–Crippen LogP) is 2.71. The van der Waals surface area contributed by atoms with E-state index in [4.69, 9.17) is 4.74 Å². The number of imide groups is 1. The Morgan fingerprint density at radius 1 is 1.19 bits per heavy atom. The SMILES string of the molecule is CC(C)c1ccc(/C=C2\SC(=O)N(CC(=O)N3CCOCC3)C2=O)cc1. The number of hydrogen-bond acceptors (Lipinski definition) is 5. The predicted molar refractivity (Wildman–Crippen MR) is 101 cm³/mol. The molecule has 0 spiro atoms. The zero-order chi connectivity index (χ0) is 18.7. The molecule has 1 aromatic rings. The zero-order valence-electron chi connectivity index (χ0n) is 14.9. The molecule has 6 nitrogen and oxygen atoms in total. The summed E-state index contributed by atoms with van der Waals surface area (Å²) in [5, 5.41) is -0.401. The molecule has 2 aliphatic heterocycles. The van der Waals surface area contributed by atoms with Crippen LogP contribution in [0.1, 0.15) is 30.9 Å². The van der Waals surface area contributed by atoms with Crippen molar-refractivity contribution in [2.75, 3.05) is 32.8 Å². The lowest BCUT2D eigenvalue weighted by molar-refractivity contribution is -0.139. The number of carbonyl (C=O) groups is 3. The number of carbonyl (C=O) groups excluding carboxylic acids is 3. The van der Waals surface area contributed by atoms with E-state index in [-0.39, 0.29) is 12.5 Å². The molecule has 0 radical (unpaired) electrons. The first kappa shape index (κ1) is 18.7. The van der Waals surface area contributed by atoms with Gasteiger partial charge in [-0.15, -0.1) is 0 Å². The van der Waals surface area contributed by atoms with Gasteiger partial charge in [-0.3, -0.25) is 19.3 Å². The summed E-state index contributed by atoms with van der Waals surface area (Å²) in [6, 6.07) is 7.90. The van der Waals surface area contributed by atoms with Crippen LogP contribution in [0.2, 0.25) is 0 Å². The Bertz CT molecular complexity index is 736. The molecule has 0 atom stereocenters. The fourth-order valence-corrected chi connectivity index (χ4v) is 3.65. The van der Waals surface area contributed by atoms with E-state index in [9.17, 15) is 14.4 Å². The number of benzene rings is 1. The van der Waals surface area contributed by atoms with Crippen LogP contribution in [-0.4, -0.2) is 59.7 Å². The van der Waals surface area contributed by atoms with Crippen molar-refractivity contribution >= 4 is 34.9 Å². The zero-order valence-corrected chi connectivity index (χ0v) is 15.8. The minimum absolute atomic E-state index is 0.214. The highest BCUT2D eigenvalue weighted by atomic mass is 32.2. The maximum absolute atomic E-state index is 12.5. The van der Waals surface area contributed by atoms with Crippen LogP contribution in [0.25, 0.3) is 6.08 Å². The van der Waals surface area contributed by atoms with E-state index in [0.29, 0.717) is 37.1 Å². The molecular weight excluding hydrogens is 352 g/mol. The second-order valence-corrected chi connectivity index (χ2v) is 7.58. The standard InChI is InChI=1S/C19H22N2O4S/c1-13(2)15-5-3-14(4-6-15)11-16-18(23)21(19(24)26-16)12-17(22)20-7-9-25-10-8-20/h3-6,11,13H,7-10,12H2,1-2H3/b16-11-. The summed E-state index contributed by atoms with van der Waals surface area (Å²) >= 11 is 0.879. The Morgan fingerprint density at radius 2 is 1.85 bits per heavy atom. The normalized spacial score (nSPS) is 19.7. The van der Waals surface area contributed by atoms with Crippen molar-refractivity contribution in [1.29, 1.82) is 0 Å². The Kier molecular flexibility index (Phi) is 5.78. The molecular formula is C19H22N2O4S. The highest BCUT2D eigenvalue weighted by molar-refractivity contribution is 8.18. The first-order valence-electron chi connectivity index (χ1n) is 8.66. The Balaban J connectivity index is 1.68. The Hall–Kier alpha value is -2.12. The maximum Gasteiger partial charge on any atom is 0.294 e. The monoisotopic (exact) mass is 374 g/mol. The maximum atomic E-state index is 12.5. The molecule has 2 saturated heterocycles. The van der Waals surface area contributed by atoms with Gasteiger partial charge in [-0.25, -0.2) is 0 Å². The number of hydrogen-bond donors (Lipinski definition) is 0. The number of amides is 3. The molecule has 2 aliphatic rings. The van der Waals surface area contributed by atoms with Crippen LogP contribution in [0.15, 0.2) is 29.2 Å². The highest BCUT2D eigenvalue weighted by Crippen LogP contribution is 2.32. The molecule has 0 aromatic heterocycles. The van der Waals surface area contributed by atoms with Crippen LogP contribution in [-0.2, 0) is 14.3 Å². The molecule has 0 saturated carbocycles. The van der Waals surface area contributed by atoms with E-state index in [1.54, 1.807) is 11.0 Å². The van der Waals surface area contributed by atoms with Gasteiger partial charge in [0.1, 0.15) is 6.54 Å². The fraction of sp³-hybridized carbons (Fsp3) is 0.421. The molecule has 1 aromatic carbocycles. The largest absolute Gasteiger partial charge is 0.378 e. The van der Waals surface area contributed by atoms with Crippen LogP contribution in [0.4, 0.5) is 4.79 Å². The minimum atomic E-state index is -0.408. The van der Waals surface area contributed by atoms with Crippen LogP contribution >= 0.6 is 11.8 Å². The van der Waals surface area contributed by atoms with Gasteiger partial charge < -0.3 is 9.64 Å². The van der Waals surface area contributed by atoms with Gasteiger partial charge in [-0.05, 0) is 34.9 Å². The number of nitrogens with zero attached hydrogens (tertiary/aromatic N) is 2. The van der Waals surface area contributed by atoms with Crippen molar-refractivity contribution in [3.8, 4) is 0 Å². The molecule has 3 amide bonds. The average molecular weight is 374 g/mol. The van der Waals surface area contributed by atoms with Gasteiger partial charge in [-0.2, -0.15) is 0 Å². The van der Waals surface area contributed by atoms with E-state index in [1.807, 2.05) is 24.3 Å². The van der Waals surface area contributed by atoms with E-state index in [2.05, 4.69) is 13.8 Å². The smallest absolute Gasteiger partial charge is 0.294 e. The summed E-state index contributed by atoms with van der Waals surface area (Å²) in [5.41, 5.74) is 2.07. The molecule has 0 unspecified atom stereocenters. The van der Waals surface area contributed by atoms with E-state index >= 15 is 0 Å². The van der Waals surface area contributed by atoms with Gasteiger partial charge in [0.25, 0.3) is 11.1 Å². The van der Waals surface area contributed by atoms with Crippen molar-refractivity contribution < 1.29 is 19.1 Å². The van der Waals surface area contributed by atoms with Gasteiger partial charge in [0.15, 0.2) is 0 Å². The minimum Gasteiger partial charge on any atom is -0.378 e. The third-order valence-corrected chi connectivity index (χ3v) is 5.34. The summed E-state index contributed by atoms with van der Waals surface area (Å²) in [5.74, 6) is -0.199. The topological polar surface area (TPSA) is 66.9 Å². The average Bonchev–Trinajstić information content (AvgIpc) is 2.90. The number of morpholine rings is 1. The van der Waals surface area contributed by atoms with Crippen molar-refractivity contribution in [3.05, 3.63) is 40.3 Å². The van der Waals surface area contributed by atoms with Crippen molar-refractivity contribution in [1.82, 2.24) is 9.80 Å². The van der Waals surface area contributed by atoms with Crippen LogP contribution in [0, 0.1) is 0 Å². The van der Waals surface area contributed by atoms with Gasteiger partial charge in [0, 0.05) is 13.1 Å². The summed E-state index contributed by atoms with van der Waals surface area (Å²) < 4.78 is 5.21. The summed E-state index contributed by atoms with van der Waals surface area (Å²) in [6.45, 7) is 5.98. The molecule has 0 N–H and O–H groups in total. The third kappa shape index (κ3) is 4.16. The fourth-order valence-electron chi connectivity index (χ4n) is 2.81. The molecule has 0 aliphatic carbocycles. The first-order chi connectivity index (χ1) is 12.5. The van der Waals surface area contributed by atoms with Gasteiger partial charge in [0.05, 0.1) is 18.1 Å². The third-order valence-electron chi connectivity index (χ3n) is 4.43. The summed E-state index contributed by atoms with van der Waals surface area (Å²) in [4.78, 5) is 40.0. The Labute approximate surface area is 157 Å². The van der Waals surface area contributed by atoms with Gasteiger partial charge >= 0.3 is 0 Å². The second-order valence-electron chi connectivity index (χ2n) is 6.58. The molecule has 26 heavy (non-hydrogen) atoms. The molecule has 2 fully saturated rings. The first-order valence-corrected chi connectivity index (χ1v) is 9.48. The van der Waals surface area contributed by atoms with E-state index < -0.39 is 11.1 Å². The molecule has 2 heterocycles. The van der Waals surface area contributed by atoms with Gasteiger partial charge in [-0.1, -0.05) is 38.1 Å². The van der Waals surface area contributed by atoms with Gasteiger partial charge in [0.2, 0.25) is 5.91 Å². The van der Waals surface area contributed by atoms with E-state index in [1.165, 1.54) is 5.56 Å². The molecule has 0 bridgehead atoms. The lowest BCUT2D eigenvalue weighted by atomic mass is 10.0. The number of ether oxygens (including phenoxy) is 1. The second kappa shape index (κ2) is 8.05. The number of rotatable bonds is 4. The van der Waals surface area contributed by atoms with Crippen LogP contribution in [0.3, 0.4) is 0 Å². The van der Waals surface area contributed by atoms with Crippen molar-refractivity contribution in [3.63, 3.8) is 0 Å². The summed E-state index contributed by atoms with van der Waals surface area (Å²) in [6.07, 6.45) is 1.70. The van der Waals surface area contributed by atoms with E-state index in [0.717, 1.165) is 22.2 Å². The molecule has 7 heteroatoms.